The van der Waals surface area contributed by atoms with Gasteiger partial charge in [-0.1, -0.05) is 35.3 Å². The lowest BCUT2D eigenvalue weighted by Crippen LogP contribution is -2.17. The molecular weight excluding hydrogens is 393 g/mol. The highest BCUT2D eigenvalue weighted by Gasteiger charge is 2.16. The van der Waals surface area contributed by atoms with Crippen LogP contribution in [0.2, 0.25) is 10.0 Å². The number of aromatic carboxylic acids is 1. The first-order valence-electron chi connectivity index (χ1n) is 6.14. The Hall–Kier alpha value is -1.56. The Labute approximate surface area is 145 Å². The van der Waals surface area contributed by atoms with E-state index in [9.17, 15) is 9.59 Å². The molecule has 0 fully saturated rings. The van der Waals surface area contributed by atoms with Gasteiger partial charge < -0.3 is 10.4 Å². The second kappa shape index (κ2) is 7.13. The molecule has 0 aliphatic heterocycles. The van der Waals surface area contributed by atoms with Crippen molar-refractivity contribution in [2.75, 3.05) is 5.32 Å². The van der Waals surface area contributed by atoms with E-state index in [-0.39, 0.29) is 23.6 Å². The standard InChI is InChI=1S/C15H10BrCl2NO3/c16-11-3-1-2-10(15(21)22)14(11)19-13(20)6-8-4-5-9(17)7-12(8)18/h1-5,7H,6H2,(H,19,20)(H,21,22). The molecule has 0 aliphatic rings. The molecule has 7 heteroatoms. The molecule has 2 N–H and O–H groups in total. The first-order valence-corrected chi connectivity index (χ1v) is 7.69. The van der Waals surface area contributed by atoms with E-state index in [1.807, 2.05) is 0 Å². The molecular formula is C15H10BrCl2NO3. The largest absolute Gasteiger partial charge is 0.478 e. The predicted octanol–water partition coefficient (Wildman–Crippen LogP) is 4.64. The lowest BCUT2D eigenvalue weighted by atomic mass is 10.1. The third-order valence-electron chi connectivity index (χ3n) is 2.87. The van der Waals surface area contributed by atoms with Gasteiger partial charge in [0.15, 0.2) is 0 Å². The summed E-state index contributed by atoms with van der Waals surface area (Å²) in [5.41, 5.74) is 0.822. The molecule has 0 saturated carbocycles. The lowest BCUT2D eigenvalue weighted by Gasteiger charge is -2.11. The fraction of sp³-hybridized carbons (Fsp3) is 0.0667. The van der Waals surface area contributed by atoms with Gasteiger partial charge in [-0.05, 0) is 45.8 Å². The molecule has 0 aliphatic carbocycles. The summed E-state index contributed by atoms with van der Waals surface area (Å²) in [4.78, 5) is 23.3. The Morgan fingerprint density at radius 2 is 1.91 bits per heavy atom. The van der Waals surface area contributed by atoms with Crippen LogP contribution in [-0.4, -0.2) is 17.0 Å². The predicted molar refractivity (Wildman–Crippen MR) is 89.9 cm³/mol. The smallest absolute Gasteiger partial charge is 0.337 e. The van der Waals surface area contributed by atoms with Gasteiger partial charge in [0.2, 0.25) is 5.91 Å². The van der Waals surface area contributed by atoms with E-state index < -0.39 is 5.97 Å². The molecule has 0 unspecified atom stereocenters. The van der Waals surface area contributed by atoms with Gasteiger partial charge in [-0.2, -0.15) is 0 Å². The number of nitrogens with one attached hydrogen (secondary N) is 1. The Kier molecular flexibility index (Phi) is 5.45. The second-order valence-electron chi connectivity index (χ2n) is 4.43. The van der Waals surface area contributed by atoms with Crippen molar-refractivity contribution in [3.05, 3.63) is 62.0 Å². The van der Waals surface area contributed by atoms with E-state index in [0.717, 1.165) is 0 Å². The summed E-state index contributed by atoms with van der Waals surface area (Å²) in [5, 5.41) is 12.6. The number of benzene rings is 2. The summed E-state index contributed by atoms with van der Waals surface area (Å²) < 4.78 is 0.489. The van der Waals surface area contributed by atoms with Crippen molar-refractivity contribution >= 4 is 56.7 Å². The van der Waals surface area contributed by atoms with Crippen molar-refractivity contribution in [2.24, 2.45) is 0 Å². The van der Waals surface area contributed by atoms with E-state index in [4.69, 9.17) is 28.3 Å². The van der Waals surface area contributed by atoms with Gasteiger partial charge >= 0.3 is 5.97 Å². The fourth-order valence-electron chi connectivity index (χ4n) is 1.85. The summed E-state index contributed by atoms with van der Waals surface area (Å²) in [6, 6.07) is 9.49. The topological polar surface area (TPSA) is 66.4 Å². The van der Waals surface area contributed by atoms with Gasteiger partial charge in [0.25, 0.3) is 0 Å². The molecule has 0 radical (unpaired) electrons. The molecule has 0 saturated heterocycles. The number of anilines is 1. The van der Waals surface area contributed by atoms with Crippen LogP contribution < -0.4 is 5.32 Å². The van der Waals surface area contributed by atoms with Crippen molar-refractivity contribution in [1.82, 2.24) is 0 Å². The minimum Gasteiger partial charge on any atom is -0.478 e. The number of hydrogen-bond donors (Lipinski definition) is 2. The lowest BCUT2D eigenvalue weighted by molar-refractivity contribution is -0.115. The number of hydrogen-bond acceptors (Lipinski definition) is 2. The van der Waals surface area contributed by atoms with Crippen LogP contribution >= 0.6 is 39.1 Å². The maximum absolute atomic E-state index is 12.1. The molecule has 2 rings (SSSR count). The highest BCUT2D eigenvalue weighted by atomic mass is 79.9. The third kappa shape index (κ3) is 4.00. The van der Waals surface area contributed by atoms with Crippen LogP contribution in [0.5, 0.6) is 0 Å². The van der Waals surface area contributed by atoms with Crippen molar-refractivity contribution < 1.29 is 14.7 Å². The van der Waals surface area contributed by atoms with E-state index in [1.54, 1.807) is 30.3 Å². The highest BCUT2D eigenvalue weighted by molar-refractivity contribution is 9.10. The number of rotatable bonds is 4. The van der Waals surface area contributed by atoms with E-state index in [0.29, 0.717) is 20.1 Å². The molecule has 0 heterocycles. The van der Waals surface area contributed by atoms with Crippen LogP contribution in [0, 0.1) is 0 Å². The number of carboxylic acid groups (broad SMARTS) is 1. The summed E-state index contributed by atoms with van der Waals surface area (Å²) in [5.74, 6) is -1.50. The van der Waals surface area contributed by atoms with Gasteiger partial charge in [0.1, 0.15) is 0 Å². The van der Waals surface area contributed by atoms with Crippen molar-refractivity contribution in [3.8, 4) is 0 Å². The minimum absolute atomic E-state index is 0.00456. The van der Waals surface area contributed by atoms with Crippen LogP contribution in [0.1, 0.15) is 15.9 Å². The average molecular weight is 403 g/mol. The monoisotopic (exact) mass is 401 g/mol. The van der Waals surface area contributed by atoms with Crippen LogP contribution in [0.15, 0.2) is 40.9 Å². The van der Waals surface area contributed by atoms with Crippen LogP contribution in [0.4, 0.5) is 5.69 Å². The van der Waals surface area contributed by atoms with Gasteiger partial charge in [0, 0.05) is 14.5 Å². The Balaban J connectivity index is 2.21. The Bertz CT molecular complexity index is 750. The van der Waals surface area contributed by atoms with Gasteiger partial charge in [-0.25, -0.2) is 4.79 Å². The molecule has 2 aromatic rings. The minimum atomic E-state index is -1.12. The zero-order valence-electron chi connectivity index (χ0n) is 11.1. The number of halogens is 3. The van der Waals surface area contributed by atoms with Crippen LogP contribution in [-0.2, 0) is 11.2 Å². The number of carbonyl (C=O) groups excluding carboxylic acids is 1. The number of carboxylic acids is 1. The maximum atomic E-state index is 12.1. The van der Waals surface area contributed by atoms with Gasteiger partial charge in [-0.3, -0.25) is 4.79 Å². The average Bonchev–Trinajstić information content (AvgIpc) is 2.44. The van der Waals surface area contributed by atoms with E-state index >= 15 is 0 Å². The summed E-state index contributed by atoms with van der Waals surface area (Å²) >= 11 is 15.1. The molecule has 0 aromatic heterocycles. The van der Waals surface area contributed by atoms with Crippen molar-refractivity contribution in [2.45, 2.75) is 6.42 Å². The maximum Gasteiger partial charge on any atom is 0.337 e. The van der Waals surface area contributed by atoms with E-state index in [2.05, 4.69) is 21.2 Å². The molecule has 114 valence electrons. The first kappa shape index (κ1) is 16.8. The first-order chi connectivity index (χ1) is 10.4. The molecule has 22 heavy (non-hydrogen) atoms. The molecule has 2 aromatic carbocycles. The quantitative estimate of drug-likeness (QED) is 0.782. The number of para-hydroxylation sites is 1. The Morgan fingerprint density at radius 3 is 2.55 bits per heavy atom. The number of carbonyl (C=O) groups is 2. The van der Waals surface area contributed by atoms with Crippen LogP contribution in [0.3, 0.4) is 0 Å². The van der Waals surface area contributed by atoms with Crippen molar-refractivity contribution in [3.63, 3.8) is 0 Å². The molecule has 4 nitrogen and oxygen atoms in total. The Morgan fingerprint density at radius 1 is 1.18 bits per heavy atom. The zero-order chi connectivity index (χ0) is 16.3. The summed E-state index contributed by atoms with van der Waals surface area (Å²) in [6.07, 6.45) is 0.0103. The second-order valence-corrected chi connectivity index (χ2v) is 6.13. The number of amides is 1. The van der Waals surface area contributed by atoms with Gasteiger partial charge in [0.05, 0.1) is 17.7 Å². The van der Waals surface area contributed by atoms with E-state index in [1.165, 1.54) is 6.07 Å². The summed E-state index contributed by atoms with van der Waals surface area (Å²) in [6.45, 7) is 0. The third-order valence-corrected chi connectivity index (χ3v) is 4.12. The van der Waals surface area contributed by atoms with Gasteiger partial charge in [-0.15, -0.1) is 0 Å². The highest BCUT2D eigenvalue weighted by Crippen LogP contribution is 2.27. The SMILES string of the molecule is O=C(Cc1ccc(Cl)cc1Cl)Nc1c(Br)cccc1C(=O)O. The molecule has 0 atom stereocenters. The molecule has 0 bridgehead atoms. The van der Waals surface area contributed by atoms with Crippen LogP contribution in [0.25, 0.3) is 0 Å². The zero-order valence-corrected chi connectivity index (χ0v) is 14.2. The molecule has 1 amide bonds. The molecule has 0 spiro atoms. The fourth-order valence-corrected chi connectivity index (χ4v) is 2.79. The van der Waals surface area contributed by atoms with Crippen molar-refractivity contribution in [1.29, 1.82) is 0 Å². The summed E-state index contributed by atoms with van der Waals surface area (Å²) in [7, 11) is 0. The normalized spacial score (nSPS) is 10.3.